The largest absolute Gasteiger partial charge is 0.425 e. The van der Waals surface area contributed by atoms with Crippen LogP contribution in [0.15, 0.2) is 53.3 Å². The smallest absolute Gasteiger partial charge is 0.408 e. The second-order valence-corrected chi connectivity index (χ2v) is 14.3. The van der Waals surface area contributed by atoms with E-state index in [1.807, 2.05) is 0 Å². The van der Waals surface area contributed by atoms with Gasteiger partial charge < -0.3 is 14.4 Å². The van der Waals surface area contributed by atoms with Crippen LogP contribution in [0.2, 0.25) is 10.0 Å². The molecule has 1 saturated heterocycles. The standard InChI is InChI=1S/C29H28Cl2N5O5P/c30-24-10-9-22(18-25(24)31)35-29(37)41-28-23-4-2-12-33-11-1-3-19(27(23)33)17-26(28)42(35,34-13-15-40-16-14-34)32-20-5-7-21(8-6-20)36(38)39/h5-10,17-18H,1-4,11-16H2/t42-/m0/s1. The number of nitrogens with zero attached hydrogens (tertiary/aromatic N) is 5. The van der Waals surface area contributed by atoms with Gasteiger partial charge >= 0.3 is 6.09 Å². The van der Waals surface area contributed by atoms with Crippen LogP contribution in [0.1, 0.15) is 24.0 Å². The molecule has 1 atom stereocenters. The SMILES string of the molecule is O=C1Oc2c(cc3c4c2CCCN4CCC3)[P@](=Nc2ccc([N+](=O)[O-])cc2)(N2CCOCC2)N1c1ccc(Cl)c(Cl)c1. The van der Waals surface area contributed by atoms with Crippen molar-refractivity contribution in [2.75, 3.05) is 49.0 Å². The molecular weight excluding hydrogens is 600 g/mol. The summed E-state index contributed by atoms with van der Waals surface area (Å²) in [4.78, 5) is 27.7. The van der Waals surface area contributed by atoms with E-state index in [9.17, 15) is 14.9 Å². The number of amides is 1. The van der Waals surface area contributed by atoms with Crippen molar-refractivity contribution >= 4 is 64.7 Å². The number of carbonyl (C=O) groups excluding carboxylic acids is 1. The van der Waals surface area contributed by atoms with Gasteiger partial charge in [0.15, 0.2) is 7.36 Å². The van der Waals surface area contributed by atoms with Gasteiger partial charge in [0.1, 0.15) is 5.75 Å². The van der Waals surface area contributed by atoms with E-state index >= 15 is 0 Å². The van der Waals surface area contributed by atoms with E-state index in [1.54, 1.807) is 35.0 Å². The van der Waals surface area contributed by atoms with Crippen LogP contribution < -0.4 is 19.6 Å². The van der Waals surface area contributed by atoms with Gasteiger partial charge in [0.25, 0.3) is 5.69 Å². The van der Waals surface area contributed by atoms with Gasteiger partial charge in [-0.05, 0) is 67.6 Å². The molecule has 42 heavy (non-hydrogen) atoms. The van der Waals surface area contributed by atoms with Crippen molar-refractivity contribution in [3.05, 3.63) is 79.8 Å². The second kappa shape index (κ2) is 10.8. The minimum Gasteiger partial charge on any atom is -0.408 e. The molecular formula is C29H28Cl2N5O5P. The number of hydrogen-bond acceptors (Lipinski definition) is 7. The molecule has 218 valence electrons. The van der Waals surface area contributed by atoms with Gasteiger partial charge in [-0.3, -0.25) is 10.1 Å². The molecule has 10 nitrogen and oxygen atoms in total. The first-order valence-corrected chi connectivity index (χ1v) is 16.4. The Labute approximate surface area is 253 Å². The molecule has 3 aromatic carbocycles. The second-order valence-electron chi connectivity index (χ2n) is 10.7. The average Bonchev–Trinajstić information content (AvgIpc) is 3.00. The number of benzene rings is 3. The molecule has 0 saturated carbocycles. The Balaban J connectivity index is 1.57. The normalized spacial score (nSPS) is 21.8. The van der Waals surface area contributed by atoms with Crippen LogP contribution >= 0.6 is 30.6 Å². The van der Waals surface area contributed by atoms with Gasteiger partial charge in [0, 0.05) is 49.6 Å². The minimum atomic E-state index is -3.17. The number of nitro benzene ring substituents is 1. The number of morpholine rings is 1. The number of halogens is 2. The van der Waals surface area contributed by atoms with E-state index < -0.39 is 18.4 Å². The summed E-state index contributed by atoms with van der Waals surface area (Å²) >= 11 is 12.8. The molecule has 3 aromatic rings. The summed E-state index contributed by atoms with van der Waals surface area (Å²) in [7, 11) is -3.17. The van der Waals surface area contributed by atoms with Gasteiger partial charge in [0.05, 0.1) is 44.9 Å². The number of fused-ring (bicyclic) bond motifs is 2. The molecule has 4 aliphatic heterocycles. The third-order valence-electron chi connectivity index (χ3n) is 8.26. The Hall–Kier alpha value is -3.14. The van der Waals surface area contributed by atoms with E-state index in [1.165, 1.54) is 23.4 Å². The highest BCUT2D eigenvalue weighted by Gasteiger charge is 2.49. The summed E-state index contributed by atoms with van der Waals surface area (Å²) in [5.74, 6) is 0.590. The molecule has 4 heterocycles. The number of carbonyl (C=O) groups is 1. The number of hydrogen-bond donors (Lipinski definition) is 0. The molecule has 1 amide bonds. The Morgan fingerprint density at radius 3 is 2.38 bits per heavy atom. The van der Waals surface area contributed by atoms with Crippen molar-refractivity contribution in [2.24, 2.45) is 4.74 Å². The van der Waals surface area contributed by atoms with Gasteiger partial charge in [0.2, 0.25) is 0 Å². The zero-order valence-corrected chi connectivity index (χ0v) is 25.1. The molecule has 0 spiro atoms. The van der Waals surface area contributed by atoms with Crippen molar-refractivity contribution in [2.45, 2.75) is 25.7 Å². The summed E-state index contributed by atoms with van der Waals surface area (Å²) in [6, 6.07) is 13.4. The van der Waals surface area contributed by atoms with Crippen molar-refractivity contribution in [3.63, 3.8) is 0 Å². The highest BCUT2D eigenvalue weighted by molar-refractivity contribution is 7.74. The van der Waals surface area contributed by atoms with Crippen LogP contribution in [0.4, 0.5) is 27.5 Å². The molecule has 0 N–H and O–H groups in total. The summed E-state index contributed by atoms with van der Waals surface area (Å²) in [5, 5.41) is 13.0. The highest BCUT2D eigenvalue weighted by atomic mass is 35.5. The third kappa shape index (κ3) is 4.48. The van der Waals surface area contributed by atoms with Crippen molar-refractivity contribution in [1.29, 1.82) is 0 Å². The number of rotatable bonds is 4. The maximum absolute atomic E-state index is 14.3. The lowest BCUT2D eigenvalue weighted by Gasteiger charge is -2.49. The average molecular weight is 628 g/mol. The summed E-state index contributed by atoms with van der Waals surface area (Å²) in [6.45, 7) is 3.99. The quantitative estimate of drug-likeness (QED) is 0.175. The Morgan fingerprint density at radius 1 is 0.929 bits per heavy atom. The van der Waals surface area contributed by atoms with Gasteiger partial charge in [-0.15, -0.1) is 0 Å². The number of nitro groups is 1. The van der Waals surface area contributed by atoms with E-state index in [2.05, 4.69) is 15.6 Å². The molecule has 7 rings (SSSR count). The Bertz CT molecular complexity index is 1660. The lowest BCUT2D eigenvalue weighted by Crippen LogP contribution is -2.50. The first-order chi connectivity index (χ1) is 20.4. The molecule has 0 aromatic heterocycles. The fraction of sp³-hybridized carbons (Fsp3) is 0.345. The molecule has 1 fully saturated rings. The molecule has 0 unspecified atom stereocenters. The van der Waals surface area contributed by atoms with Crippen LogP contribution in [0, 0.1) is 10.1 Å². The lowest BCUT2D eigenvalue weighted by atomic mass is 9.91. The molecule has 4 aliphatic rings. The summed E-state index contributed by atoms with van der Waals surface area (Å²) in [5.41, 5.74) is 4.50. The minimum absolute atomic E-state index is 0.0314. The molecule has 0 aliphatic carbocycles. The number of anilines is 2. The first-order valence-electron chi connectivity index (χ1n) is 14.0. The monoisotopic (exact) mass is 627 g/mol. The summed E-state index contributed by atoms with van der Waals surface area (Å²) < 4.78 is 21.4. The van der Waals surface area contributed by atoms with Gasteiger partial charge in [-0.25, -0.2) is 18.9 Å². The topological polar surface area (TPSA) is 101 Å². The number of ether oxygens (including phenoxy) is 2. The number of aryl methyl sites for hydroxylation is 1. The Kier molecular flexibility index (Phi) is 7.15. The first kappa shape index (κ1) is 27.7. The number of non-ortho nitro benzene ring substituents is 1. The predicted molar refractivity (Wildman–Crippen MR) is 164 cm³/mol. The van der Waals surface area contributed by atoms with E-state index in [-0.39, 0.29) is 5.69 Å². The highest BCUT2D eigenvalue weighted by Crippen LogP contribution is 2.64. The van der Waals surface area contributed by atoms with Gasteiger partial charge in [-0.2, -0.15) is 0 Å². The summed E-state index contributed by atoms with van der Waals surface area (Å²) in [6.07, 6.45) is 3.20. The third-order valence-corrected chi connectivity index (χ3v) is 12.6. The zero-order chi connectivity index (χ0) is 29.0. The van der Waals surface area contributed by atoms with Crippen molar-refractivity contribution in [3.8, 4) is 5.75 Å². The molecule has 13 heteroatoms. The predicted octanol–water partition coefficient (Wildman–Crippen LogP) is 6.94. The fourth-order valence-corrected chi connectivity index (χ4v) is 10.5. The van der Waals surface area contributed by atoms with Crippen LogP contribution in [-0.4, -0.2) is 55.1 Å². The van der Waals surface area contributed by atoms with Crippen molar-refractivity contribution < 1.29 is 19.2 Å². The van der Waals surface area contributed by atoms with Crippen LogP contribution in [0.3, 0.4) is 0 Å². The molecule has 0 radical (unpaired) electrons. The maximum atomic E-state index is 14.3. The van der Waals surface area contributed by atoms with Crippen molar-refractivity contribution in [1.82, 2.24) is 4.67 Å². The van der Waals surface area contributed by atoms with Crippen LogP contribution in [-0.2, 0) is 17.6 Å². The van der Waals surface area contributed by atoms with E-state index in [0.29, 0.717) is 53.5 Å². The Morgan fingerprint density at radius 2 is 1.67 bits per heavy atom. The van der Waals surface area contributed by atoms with Crippen LogP contribution in [0.5, 0.6) is 5.75 Å². The fourth-order valence-electron chi connectivity index (χ4n) is 6.46. The van der Waals surface area contributed by atoms with Crippen LogP contribution in [0.25, 0.3) is 0 Å². The van der Waals surface area contributed by atoms with Gasteiger partial charge in [-0.1, -0.05) is 23.2 Å². The van der Waals surface area contributed by atoms with E-state index in [0.717, 1.165) is 49.6 Å². The maximum Gasteiger partial charge on any atom is 0.425 e. The zero-order valence-electron chi connectivity index (χ0n) is 22.7. The lowest BCUT2D eigenvalue weighted by molar-refractivity contribution is -0.384. The molecule has 0 bridgehead atoms. The van der Waals surface area contributed by atoms with E-state index in [4.69, 9.17) is 37.4 Å².